The molecule has 0 unspecified atom stereocenters. The van der Waals surface area contributed by atoms with E-state index >= 15 is 0 Å². The number of phenols is 2. The highest BCUT2D eigenvalue weighted by molar-refractivity contribution is 7.99. The zero-order valence-corrected chi connectivity index (χ0v) is 28.6. The molecule has 0 spiro atoms. The number of thiol groups is 3. The van der Waals surface area contributed by atoms with E-state index in [1.165, 1.54) is 15.4 Å². The molecule has 0 fully saturated rings. The van der Waals surface area contributed by atoms with Crippen molar-refractivity contribution in [1.29, 1.82) is 0 Å². The molecule has 2 N–H and O–H groups in total. The summed E-state index contributed by atoms with van der Waals surface area (Å²) in [4.78, 5) is 7.48. The maximum atomic E-state index is 9.12. The zero-order valence-electron chi connectivity index (χ0n) is 24.3. The van der Waals surface area contributed by atoms with Crippen LogP contribution in [0.25, 0.3) is 0 Å². The minimum Gasteiger partial charge on any atom is -0.508 e. The Morgan fingerprint density at radius 3 is 1.00 bits per heavy atom. The Bertz CT molecular complexity index is 1380. The summed E-state index contributed by atoms with van der Waals surface area (Å²) in [5.74, 6) is 2.15. The monoisotopic (exact) mass is 684 g/mol. The third kappa shape index (κ3) is 12.8. The summed E-state index contributed by atoms with van der Waals surface area (Å²) < 4.78 is 5.62. The number of hydrogen-bond acceptors (Lipinski definition) is 8. The van der Waals surface area contributed by atoms with Gasteiger partial charge in [0, 0.05) is 34.3 Å². The van der Waals surface area contributed by atoms with Gasteiger partial charge in [-0.25, -0.2) is 0 Å². The van der Waals surface area contributed by atoms with Crippen LogP contribution in [-0.2, 0) is 0 Å². The molecule has 6 rings (SSSR count). The van der Waals surface area contributed by atoms with E-state index in [4.69, 9.17) is 14.9 Å². The Morgan fingerprint density at radius 1 is 0.400 bits per heavy atom. The molecule has 0 atom stereocenters. The quantitative estimate of drug-likeness (QED) is 0.113. The van der Waals surface area contributed by atoms with Crippen LogP contribution in [-0.4, -0.2) is 10.2 Å². The van der Waals surface area contributed by atoms with Crippen LogP contribution in [0, 0.1) is 6.92 Å². The number of hydrogen-bond donors (Lipinski definition) is 5. The van der Waals surface area contributed by atoms with Crippen molar-refractivity contribution in [2.24, 2.45) is 0 Å². The average molecular weight is 685 g/mol. The molecule has 0 amide bonds. The Labute approximate surface area is 290 Å². The number of rotatable bonds is 6. The van der Waals surface area contributed by atoms with Crippen molar-refractivity contribution >= 4 is 61.4 Å². The van der Waals surface area contributed by atoms with Gasteiger partial charge in [0.25, 0.3) is 0 Å². The van der Waals surface area contributed by atoms with Crippen LogP contribution in [0.3, 0.4) is 0 Å². The zero-order chi connectivity index (χ0) is 32.0. The summed E-state index contributed by atoms with van der Waals surface area (Å²) in [6.07, 6.45) is 0. The predicted molar refractivity (Wildman–Crippen MR) is 197 cm³/mol. The summed E-state index contributed by atoms with van der Waals surface area (Å²) in [6, 6.07) is 45.9. The molecule has 0 saturated heterocycles. The van der Waals surface area contributed by atoms with Gasteiger partial charge in [0.05, 0.1) is 0 Å². The maximum absolute atomic E-state index is 9.12. The third-order valence-electron chi connectivity index (χ3n) is 5.91. The number of aromatic hydroxyl groups is 2. The number of aryl methyl sites for hydroxylation is 1. The van der Waals surface area contributed by atoms with Crippen LogP contribution in [0.2, 0.25) is 0 Å². The van der Waals surface area contributed by atoms with Gasteiger partial charge in [0.15, 0.2) is 0 Å². The van der Waals surface area contributed by atoms with E-state index in [1.807, 2.05) is 84.9 Å². The molecule has 0 aliphatic carbocycles. The number of phenolic OH excluding ortho intramolecular Hbond substituents is 2. The van der Waals surface area contributed by atoms with Crippen molar-refractivity contribution in [3.8, 4) is 23.0 Å². The standard InChI is InChI=1S/C13H12S2.C12H10O2S.C12H10OS2/c1-10-2-6-12(7-3-10)15-13-8-4-11(14)5-9-13;13-9-1-5-11(6-2-9)15-12-7-3-10(14)4-8-12;14-11-5-1-9(2-6-11)13-10-3-7-12(15)8-4-10/h2-9,14H,1H3;1-8,13-14H;1-8,14-15H. The highest BCUT2D eigenvalue weighted by atomic mass is 32.2. The highest BCUT2D eigenvalue weighted by Gasteiger charge is 1.99. The van der Waals surface area contributed by atoms with E-state index in [2.05, 4.69) is 81.2 Å². The van der Waals surface area contributed by atoms with Crippen molar-refractivity contribution in [3.05, 3.63) is 151 Å². The van der Waals surface area contributed by atoms with Gasteiger partial charge in [-0.2, -0.15) is 0 Å². The molecule has 0 aromatic heterocycles. The molecule has 0 heterocycles. The second-order valence-electron chi connectivity index (χ2n) is 9.59. The van der Waals surface area contributed by atoms with Crippen LogP contribution >= 0.6 is 61.4 Å². The van der Waals surface area contributed by atoms with Gasteiger partial charge >= 0.3 is 0 Å². The fraction of sp³-hybridized carbons (Fsp3) is 0.0270. The van der Waals surface area contributed by atoms with Crippen molar-refractivity contribution in [3.63, 3.8) is 0 Å². The van der Waals surface area contributed by atoms with Crippen molar-refractivity contribution in [1.82, 2.24) is 0 Å². The molecular weight excluding hydrogens is 653 g/mol. The van der Waals surface area contributed by atoms with E-state index in [0.29, 0.717) is 0 Å². The highest BCUT2D eigenvalue weighted by Crippen LogP contribution is 2.30. The third-order valence-corrected chi connectivity index (χ3v) is 8.84. The number of benzene rings is 6. The van der Waals surface area contributed by atoms with Gasteiger partial charge in [0.2, 0.25) is 0 Å². The van der Waals surface area contributed by atoms with E-state index in [1.54, 1.807) is 47.8 Å². The topological polar surface area (TPSA) is 49.7 Å². The molecule has 0 aliphatic rings. The summed E-state index contributed by atoms with van der Waals surface area (Å²) in [7, 11) is 0. The molecule has 6 aromatic rings. The van der Waals surface area contributed by atoms with Crippen molar-refractivity contribution in [2.45, 2.75) is 41.2 Å². The molecule has 8 heteroatoms. The van der Waals surface area contributed by atoms with Gasteiger partial charge < -0.3 is 14.9 Å². The largest absolute Gasteiger partial charge is 0.508 e. The summed E-state index contributed by atoms with van der Waals surface area (Å²) in [5.41, 5.74) is 1.30. The first-order valence-electron chi connectivity index (χ1n) is 13.8. The van der Waals surface area contributed by atoms with Crippen LogP contribution in [0.1, 0.15) is 5.56 Å². The SMILES string of the molecule is Cc1ccc(Sc2ccc(S)cc2)cc1.Oc1ccc(Sc2ccc(O)cc2)cc1.Sc1ccc(Oc2ccc(S)cc2)cc1. The molecule has 0 aliphatic heterocycles. The summed E-state index contributed by atoms with van der Waals surface area (Å²) in [5, 5.41) is 18.2. The second-order valence-corrected chi connectivity index (χ2v) is 13.4. The van der Waals surface area contributed by atoms with E-state index in [9.17, 15) is 0 Å². The smallest absolute Gasteiger partial charge is 0.127 e. The summed E-state index contributed by atoms with van der Waals surface area (Å²) in [6.45, 7) is 2.10. The Morgan fingerprint density at radius 2 is 0.667 bits per heavy atom. The molecule has 6 aromatic carbocycles. The minimum absolute atomic E-state index is 0.269. The van der Waals surface area contributed by atoms with Gasteiger partial charge in [-0.05, 0) is 140 Å². The van der Waals surface area contributed by atoms with Crippen LogP contribution in [0.5, 0.6) is 23.0 Å². The molecule has 228 valence electrons. The molecular formula is C37H32O3S5. The maximum Gasteiger partial charge on any atom is 0.127 e. The van der Waals surface area contributed by atoms with Crippen LogP contribution in [0.15, 0.2) is 180 Å². The fourth-order valence-electron chi connectivity index (χ4n) is 3.59. The lowest BCUT2D eigenvalue weighted by Crippen LogP contribution is -1.82. The average Bonchev–Trinajstić information content (AvgIpc) is 3.04. The van der Waals surface area contributed by atoms with Gasteiger partial charge in [-0.15, -0.1) is 37.9 Å². The van der Waals surface area contributed by atoms with E-state index in [0.717, 1.165) is 36.0 Å². The minimum atomic E-state index is 0.269. The van der Waals surface area contributed by atoms with Gasteiger partial charge in [-0.1, -0.05) is 41.2 Å². The Hall–Kier alpha value is -3.53. The second kappa shape index (κ2) is 17.8. The fourth-order valence-corrected chi connectivity index (χ4v) is 5.67. The molecule has 3 nitrogen and oxygen atoms in total. The van der Waals surface area contributed by atoms with Gasteiger partial charge in [-0.3, -0.25) is 0 Å². The Kier molecular flexibility index (Phi) is 13.6. The molecule has 0 saturated carbocycles. The van der Waals surface area contributed by atoms with Crippen molar-refractivity contribution in [2.75, 3.05) is 0 Å². The molecule has 0 radical (unpaired) electrons. The molecule has 0 bridgehead atoms. The lowest BCUT2D eigenvalue weighted by atomic mass is 10.2. The first-order chi connectivity index (χ1) is 21.7. The van der Waals surface area contributed by atoms with Crippen LogP contribution < -0.4 is 4.74 Å². The lowest BCUT2D eigenvalue weighted by Gasteiger charge is -2.05. The van der Waals surface area contributed by atoms with E-state index < -0.39 is 0 Å². The van der Waals surface area contributed by atoms with E-state index in [-0.39, 0.29) is 11.5 Å². The predicted octanol–water partition coefficient (Wildman–Crippen LogP) is 11.7. The van der Waals surface area contributed by atoms with Gasteiger partial charge in [0.1, 0.15) is 23.0 Å². The molecule has 45 heavy (non-hydrogen) atoms. The number of ether oxygens (including phenoxy) is 1. The van der Waals surface area contributed by atoms with Crippen LogP contribution in [0.4, 0.5) is 0 Å². The first-order valence-corrected chi connectivity index (χ1v) is 16.7. The Balaban J connectivity index is 0.000000154. The first kappa shape index (κ1) is 34.3. The lowest BCUT2D eigenvalue weighted by molar-refractivity contribution is 0.474. The van der Waals surface area contributed by atoms with Crippen molar-refractivity contribution < 1.29 is 14.9 Å². The summed E-state index contributed by atoms with van der Waals surface area (Å²) >= 11 is 16.0. The normalized spacial score (nSPS) is 10.1.